The van der Waals surface area contributed by atoms with Gasteiger partial charge in [0.25, 0.3) is 10.0 Å². The third kappa shape index (κ3) is 7.84. The van der Waals surface area contributed by atoms with Gasteiger partial charge in [-0.1, -0.05) is 74.2 Å². The van der Waals surface area contributed by atoms with Crippen molar-refractivity contribution in [2.24, 2.45) is 0 Å². The maximum atomic E-state index is 14.4. The third-order valence-electron chi connectivity index (χ3n) is 7.90. The fourth-order valence-electron chi connectivity index (χ4n) is 5.50. The second-order valence-electron chi connectivity index (χ2n) is 10.7. The number of carbonyl (C=O) groups is 2. The lowest BCUT2D eigenvalue weighted by atomic mass is 9.95. The molecule has 1 aliphatic carbocycles. The van der Waals surface area contributed by atoms with Crippen molar-refractivity contribution in [2.45, 2.75) is 69.0 Å². The number of nitrogens with one attached hydrogen (secondary N) is 1. The molecule has 44 heavy (non-hydrogen) atoms. The molecule has 0 radical (unpaired) electrons. The smallest absolute Gasteiger partial charge is 0.264 e. The summed E-state index contributed by atoms with van der Waals surface area (Å²) in [5.41, 5.74) is 0.768. The first-order valence-electron chi connectivity index (χ1n) is 14.8. The Morgan fingerprint density at radius 3 is 2.27 bits per heavy atom. The highest BCUT2D eigenvalue weighted by atomic mass is 35.5. The molecule has 11 heteroatoms. The molecular formula is C33H40ClN3O6S. The van der Waals surface area contributed by atoms with Crippen LogP contribution in [0.4, 0.5) is 5.69 Å². The second-order valence-corrected chi connectivity index (χ2v) is 13.0. The standard InChI is InChI=1S/C33H40ClN3O6S/c1-4-29(33(39)35-25-14-7-5-8-15-25)36(22-24-13-11-12-18-28(24)34)32(38)23-37(44(40,41)27-16-9-6-10-17-27)30-21-26(42-2)19-20-31(30)43-3/h6,9-13,16-21,25,29H,4-5,7-8,14-15,22-23H2,1-3H3,(H,35,39). The van der Waals surface area contributed by atoms with Crippen LogP contribution in [0.5, 0.6) is 11.5 Å². The molecule has 1 saturated carbocycles. The number of sulfonamides is 1. The normalized spacial score (nSPS) is 14.4. The lowest BCUT2D eigenvalue weighted by molar-refractivity contribution is -0.140. The zero-order chi connectivity index (χ0) is 31.7. The van der Waals surface area contributed by atoms with Crippen LogP contribution in [-0.4, -0.2) is 58.0 Å². The predicted octanol–water partition coefficient (Wildman–Crippen LogP) is 5.81. The van der Waals surface area contributed by atoms with Crippen molar-refractivity contribution in [2.75, 3.05) is 25.1 Å². The molecule has 2 amide bonds. The molecule has 3 aromatic rings. The molecule has 1 atom stereocenters. The molecule has 0 aromatic heterocycles. The highest BCUT2D eigenvalue weighted by Crippen LogP contribution is 2.36. The fourth-order valence-corrected chi connectivity index (χ4v) is 7.13. The number of methoxy groups -OCH3 is 2. The molecule has 0 bridgehead atoms. The average Bonchev–Trinajstić information content (AvgIpc) is 3.04. The van der Waals surface area contributed by atoms with E-state index in [1.54, 1.807) is 54.6 Å². The number of halogens is 1. The Kier molecular flexibility index (Phi) is 11.5. The van der Waals surface area contributed by atoms with E-state index in [0.29, 0.717) is 22.8 Å². The van der Waals surface area contributed by atoms with Crippen molar-refractivity contribution < 1.29 is 27.5 Å². The van der Waals surface area contributed by atoms with Gasteiger partial charge < -0.3 is 19.7 Å². The number of hydrogen-bond donors (Lipinski definition) is 1. The molecule has 0 aliphatic heterocycles. The minimum atomic E-state index is -4.27. The summed E-state index contributed by atoms with van der Waals surface area (Å²) in [7, 11) is -1.38. The molecule has 1 aliphatic rings. The monoisotopic (exact) mass is 641 g/mol. The molecule has 0 heterocycles. The number of carbonyl (C=O) groups excluding carboxylic acids is 2. The second kappa shape index (κ2) is 15.3. The fraction of sp³-hybridized carbons (Fsp3) is 0.394. The minimum absolute atomic E-state index is 0.00240. The summed E-state index contributed by atoms with van der Waals surface area (Å²) in [6.45, 7) is 1.25. The third-order valence-corrected chi connectivity index (χ3v) is 10.0. The van der Waals surface area contributed by atoms with E-state index in [0.717, 1.165) is 36.4 Å². The molecular weight excluding hydrogens is 602 g/mol. The Balaban J connectivity index is 1.77. The van der Waals surface area contributed by atoms with Gasteiger partial charge in [0.05, 0.1) is 24.8 Å². The van der Waals surface area contributed by atoms with Gasteiger partial charge in [-0.25, -0.2) is 8.42 Å². The highest BCUT2D eigenvalue weighted by Gasteiger charge is 2.35. The van der Waals surface area contributed by atoms with Crippen LogP contribution in [0.3, 0.4) is 0 Å². The molecule has 1 N–H and O–H groups in total. The zero-order valence-electron chi connectivity index (χ0n) is 25.4. The van der Waals surface area contributed by atoms with Crippen LogP contribution in [0.1, 0.15) is 51.0 Å². The first kappa shape index (κ1) is 33.1. The Hall–Kier alpha value is -3.76. The van der Waals surface area contributed by atoms with Gasteiger partial charge in [-0.3, -0.25) is 13.9 Å². The van der Waals surface area contributed by atoms with Crippen LogP contribution in [0, 0.1) is 0 Å². The van der Waals surface area contributed by atoms with E-state index in [2.05, 4.69) is 5.32 Å². The van der Waals surface area contributed by atoms with Crippen LogP contribution in [-0.2, 0) is 26.2 Å². The summed E-state index contributed by atoms with van der Waals surface area (Å²) in [6, 6.07) is 18.9. The van der Waals surface area contributed by atoms with Gasteiger partial charge in [-0.15, -0.1) is 0 Å². The number of anilines is 1. The number of rotatable bonds is 13. The van der Waals surface area contributed by atoms with E-state index >= 15 is 0 Å². The van der Waals surface area contributed by atoms with Crippen LogP contribution >= 0.6 is 11.6 Å². The van der Waals surface area contributed by atoms with Crippen molar-refractivity contribution in [3.8, 4) is 11.5 Å². The molecule has 1 unspecified atom stereocenters. The van der Waals surface area contributed by atoms with Crippen LogP contribution in [0.2, 0.25) is 5.02 Å². The topological polar surface area (TPSA) is 105 Å². The summed E-state index contributed by atoms with van der Waals surface area (Å²) < 4.78 is 40.3. The minimum Gasteiger partial charge on any atom is -0.497 e. The molecule has 4 rings (SSSR count). The van der Waals surface area contributed by atoms with Gasteiger partial charge in [0.15, 0.2) is 0 Å². The van der Waals surface area contributed by atoms with Crippen LogP contribution < -0.4 is 19.1 Å². The molecule has 0 saturated heterocycles. The molecule has 9 nitrogen and oxygen atoms in total. The summed E-state index contributed by atoms with van der Waals surface area (Å²) >= 11 is 6.51. The van der Waals surface area contributed by atoms with Gasteiger partial charge in [-0.2, -0.15) is 0 Å². The van der Waals surface area contributed by atoms with E-state index < -0.39 is 28.5 Å². The van der Waals surface area contributed by atoms with E-state index in [9.17, 15) is 18.0 Å². The maximum Gasteiger partial charge on any atom is 0.264 e. The van der Waals surface area contributed by atoms with Gasteiger partial charge >= 0.3 is 0 Å². The number of ether oxygens (including phenoxy) is 2. The van der Waals surface area contributed by atoms with Crippen molar-refractivity contribution in [1.29, 1.82) is 0 Å². The molecule has 3 aromatic carbocycles. The van der Waals surface area contributed by atoms with Gasteiger partial charge in [0.1, 0.15) is 24.1 Å². The van der Waals surface area contributed by atoms with Crippen molar-refractivity contribution in [3.05, 3.63) is 83.4 Å². The van der Waals surface area contributed by atoms with E-state index in [4.69, 9.17) is 21.1 Å². The van der Waals surface area contributed by atoms with E-state index in [-0.39, 0.29) is 34.8 Å². The quantitative estimate of drug-likeness (QED) is 0.253. The van der Waals surface area contributed by atoms with Gasteiger partial charge in [0, 0.05) is 23.7 Å². The van der Waals surface area contributed by atoms with Crippen molar-refractivity contribution >= 4 is 39.1 Å². The van der Waals surface area contributed by atoms with E-state index in [1.807, 2.05) is 6.92 Å². The van der Waals surface area contributed by atoms with Crippen LogP contribution in [0.25, 0.3) is 0 Å². The molecule has 236 valence electrons. The number of nitrogens with zero attached hydrogens (tertiary/aromatic N) is 2. The number of benzene rings is 3. The molecule has 0 spiro atoms. The summed E-state index contributed by atoms with van der Waals surface area (Å²) in [4.78, 5) is 29.5. The van der Waals surface area contributed by atoms with Crippen LogP contribution in [0.15, 0.2) is 77.7 Å². The number of hydrogen-bond acceptors (Lipinski definition) is 6. The van der Waals surface area contributed by atoms with Gasteiger partial charge in [0.2, 0.25) is 11.8 Å². The summed E-state index contributed by atoms with van der Waals surface area (Å²) in [5, 5.41) is 3.59. The highest BCUT2D eigenvalue weighted by molar-refractivity contribution is 7.92. The van der Waals surface area contributed by atoms with Gasteiger partial charge in [-0.05, 0) is 55.2 Å². The van der Waals surface area contributed by atoms with Crippen molar-refractivity contribution in [1.82, 2.24) is 10.2 Å². The Morgan fingerprint density at radius 2 is 1.64 bits per heavy atom. The van der Waals surface area contributed by atoms with Crippen molar-refractivity contribution in [3.63, 3.8) is 0 Å². The SMILES string of the molecule is CCC(C(=O)NC1CCCCC1)N(Cc1ccccc1Cl)C(=O)CN(c1cc(OC)ccc1OC)S(=O)(=O)c1ccccc1. The number of amides is 2. The first-order chi connectivity index (χ1) is 21.2. The maximum absolute atomic E-state index is 14.4. The lowest BCUT2D eigenvalue weighted by Gasteiger charge is -2.35. The predicted molar refractivity (Wildman–Crippen MR) is 172 cm³/mol. The summed E-state index contributed by atoms with van der Waals surface area (Å²) in [5.74, 6) is -0.221. The molecule has 1 fully saturated rings. The van der Waals surface area contributed by atoms with E-state index in [1.165, 1.54) is 37.3 Å². The lowest BCUT2D eigenvalue weighted by Crippen LogP contribution is -2.54. The Morgan fingerprint density at radius 1 is 0.955 bits per heavy atom. The average molecular weight is 642 g/mol. The summed E-state index contributed by atoms with van der Waals surface area (Å²) in [6.07, 6.45) is 5.32. The first-order valence-corrected chi connectivity index (χ1v) is 16.6. The largest absolute Gasteiger partial charge is 0.497 e. The Labute approximate surface area is 265 Å². The zero-order valence-corrected chi connectivity index (χ0v) is 26.9. The Bertz CT molecular complexity index is 1530.